The van der Waals surface area contributed by atoms with Crippen molar-refractivity contribution in [3.05, 3.63) is 40.0 Å². The SMILES string of the molecule is CCC(C)c1[nH]c2ccc(-c3nc(C)c(C(=O)O)s3)cc2c1C#N. The third-order valence-electron chi connectivity index (χ3n) is 4.28. The summed E-state index contributed by atoms with van der Waals surface area (Å²) in [5.74, 6) is -0.688. The van der Waals surface area contributed by atoms with Crippen molar-refractivity contribution < 1.29 is 9.90 Å². The van der Waals surface area contributed by atoms with Crippen LogP contribution >= 0.6 is 11.3 Å². The van der Waals surface area contributed by atoms with Gasteiger partial charge in [-0.1, -0.05) is 13.8 Å². The molecule has 0 aliphatic heterocycles. The fourth-order valence-corrected chi connectivity index (χ4v) is 3.66. The van der Waals surface area contributed by atoms with Gasteiger partial charge in [0.2, 0.25) is 0 Å². The molecule has 1 aromatic carbocycles. The van der Waals surface area contributed by atoms with E-state index in [0.29, 0.717) is 16.3 Å². The molecule has 0 amide bonds. The summed E-state index contributed by atoms with van der Waals surface area (Å²) < 4.78 is 0. The predicted octanol–water partition coefficient (Wildman–Crippen LogP) is 4.68. The highest BCUT2D eigenvalue weighted by molar-refractivity contribution is 7.17. The molecule has 122 valence electrons. The number of aromatic amines is 1. The second kappa shape index (κ2) is 6.10. The highest BCUT2D eigenvalue weighted by atomic mass is 32.1. The van der Waals surface area contributed by atoms with Crippen LogP contribution in [0.3, 0.4) is 0 Å². The van der Waals surface area contributed by atoms with Crippen LogP contribution in [-0.2, 0) is 0 Å². The van der Waals surface area contributed by atoms with E-state index < -0.39 is 5.97 Å². The van der Waals surface area contributed by atoms with E-state index in [0.717, 1.165) is 39.9 Å². The average Bonchev–Trinajstić information content (AvgIpc) is 3.13. The number of aryl methyl sites for hydroxylation is 1. The molecule has 1 atom stereocenters. The van der Waals surface area contributed by atoms with Crippen molar-refractivity contribution >= 4 is 28.2 Å². The van der Waals surface area contributed by atoms with Crippen LogP contribution in [0.5, 0.6) is 0 Å². The summed E-state index contributed by atoms with van der Waals surface area (Å²) in [6.07, 6.45) is 0.946. The zero-order valence-electron chi connectivity index (χ0n) is 13.7. The highest BCUT2D eigenvalue weighted by Gasteiger charge is 2.18. The van der Waals surface area contributed by atoms with Gasteiger partial charge in [-0.15, -0.1) is 11.3 Å². The lowest BCUT2D eigenvalue weighted by Crippen LogP contribution is -1.94. The Hall–Kier alpha value is -2.65. The summed E-state index contributed by atoms with van der Waals surface area (Å²) in [4.78, 5) is 19.2. The number of hydrogen-bond donors (Lipinski definition) is 2. The number of H-pyrrole nitrogens is 1. The first-order valence-corrected chi connectivity index (χ1v) is 8.54. The molecule has 24 heavy (non-hydrogen) atoms. The number of nitriles is 1. The minimum absolute atomic E-state index is 0.250. The van der Waals surface area contributed by atoms with Crippen LogP contribution in [-0.4, -0.2) is 21.0 Å². The molecule has 0 bridgehead atoms. The smallest absolute Gasteiger partial charge is 0.347 e. The van der Waals surface area contributed by atoms with E-state index in [4.69, 9.17) is 0 Å². The molecule has 0 aliphatic rings. The lowest BCUT2D eigenvalue weighted by Gasteiger charge is -2.05. The van der Waals surface area contributed by atoms with Gasteiger partial charge in [0, 0.05) is 22.2 Å². The predicted molar refractivity (Wildman–Crippen MR) is 94.5 cm³/mol. The standard InChI is InChI=1S/C18H17N3O2S/c1-4-9(2)15-13(8-19)12-7-11(5-6-14(12)21-15)17-20-10(3)16(24-17)18(22)23/h5-7,9,21H,4H2,1-3H3,(H,22,23). The molecule has 0 saturated heterocycles. The quantitative estimate of drug-likeness (QED) is 0.722. The minimum Gasteiger partial charge on any atom is -0.477 e. The maximum Gasteiger partial charge on any atom is 0.347 e. The van der Waals surface area contributed by atoms with Crippen molar-refractivity contribution in [3.8, 4) is 16.6 Å². The van der Waals surface area contributed by atoms with Crippen LogP contribution in [0.25, 0.3) is 21.5 Å². The van der Waals surface area contributed by atoms with Gasteiger partial charge in [0.15, 0.2) is 0 Å². The number of nitrogens with one attached hydrogen (secondary N) is 1. The number of carboxylic acids is 1. The van der Waals surface area contributed by atoms with Gasteiger partial charge >= 0.3 is 5.97 Å². The van der Waals surface area contributed by atoms with Crippen molar-refractivity contribution in [2.24, 2.45) is 0 Å². The topological polar surface area (TPSA) is 89.8 Å². The molecular weight excluding hydrogens is 322 g/mol. The molecule has 5 nitrogen and oxygen atoms in total. The molecule has 0 fully saturated rings. The minimum atomic E-state index is -0.962. The monoisotopic (exact) mass is 339 g/mol. The molecule has 1 unspecified atom stereocenters. The van der Waals surface area contributed by atoms with Gasteiger partial charge in [-0.05, 0) is 37.5 Å². The Labute approximate surface area is 143 Å². The number of hydrogen-bond acceptors (Lipinski definition) is 4. The van der Waals surface area contributed by atoms with E-state index >= 15 is 0 Å². The van der Waals surface area contributed by atoms with Crippen LogP contribution < -0.4 is 0 Å². The fraction of sp³-hybridized carbons (Fsp3) is 0.278. The van der Waals surface area contributed by atoms with Gasteiger partial charge < -0.3 is 10.1 Å². The molecule has 0 saturated carbocycles. The highest BCUT2D eigenvalue weighted by Crippen LogP contribution is 2.34. The van der Waals surface area contributed by atoms with E-state index in [1.165, 1.54) is 0 Å². The maximum absolute atomic E-state index is 11.2. The zero-order valence-corrected chi connectivity index (χ0v) is 14.5. The number of aromatic nitrogens is 2. The van der Waals surface area contributed by atoms with Crippen LogP contribution in [0.1, 0.15) is 52.8 Å². The van der Waals surface area contributed by atoms with Crippen LogP contribution in [0, 0.1) is 18.3 Å². The summed E-state index contributed by atoms with van der Waals surface area (Å²) >= 11 is 1.16. The van der Waals surface area contributed by atoms with Gasteiger partial charge in [0.25, 0.3) is 0 Å². The number of nitrogens with zero attached hydrogens (tertiary/aromatic N) is 2. The van der Waals surface area contributed by atoms with Gasteiger partial charge in [0.05, 0.1) is 11.3 Å². The van der Waals surface area contributed by atoms with Gasteiger partial charge in [0.1, 0.15) is 16.0 Å². The second-order valence-corrected chi connectivity index (χ2v) is 6.83. The molecule has 3 rings (SSSR count). The lowest BCUT2D eigenvalue weighted by molar-refractivity contribution is 0.0701. The van der Waals surface area contributed by atoms with Crippen molar-refractivity contribution in [3.63, 3.8) is 0 Å². The summed E-state index contributed by atoms with van der Waals surface area (Å²) in [7, 11) is 0. The lowest BCUT2D eigenvalue weighted by atomic mass is 10.00. The number of thiazole rings is 1. The largest absolute Gasteiger partial charge is 0.477 e. The van der Waals surface area contributed by atoms with E-state index in [9.17, 15) is 15.2 Å². The number of aromatic carboxylic acids is 1. The summed E-state index contributed by atoms with van der Waals surface area (Å²) in [6, 6.07) is 8.05. The summed E-state index contributed by atoms with van der Waals surface area (Å²) in [5, 5.41) is 20.3. The third kappa shape index (κ3) is 2.57. The number of fused-ring (bicyclic) bond motifs is 1. The van der Waals surface area contributed by atoms with E-state index in [2.05, 4.69) is 29.9 Å². The number of benzene rings is 1. The average molecular weight is 339 g/mol. The van der Waals surface area contributed by atoms with Crippen LogP contribution in [0.4, 0.5) is 0 Å². The van der Waals surface area contributed by atoms with E-state index in [-0.39, 0.29) is 10.8 Å². The van der Waals surface area contributed by atoms with Crippen molar-refractivity contribution in [2.45, 2.75) is 33.1 Å². The third-order valence-corrected chi connectivity index (χ3v) is 5.48. The maximum atomic E-state index is 11.2. The summed E-state index contributed by atoms with van der Waals surface area (Å²) in [6.45, 7) is 5.88. The Morgan fingerprint density at radius 2 is 2.25 bits per heavy atom. The van der Waals surface area contributed by atoms with Crippen molar-refractivity contribution in [1.82, 2.24) is 9.97 Å². The molecule has 2 heterocycles. The first-order valence-electron chi connectivity index (χ1n) is 7.73. The first-order chi connectivity index (χ1) is 11.5. The first kappa shape index (κ1) is 16.2. The second-order valence-electron chi connectivity index (χ2n) is 5.83. The van der Waals surface area contributed by atoms with Crippen LogP contribution in [0.15, 0.2) is 18.2 Å². The Kier molecular flexibility index (Phi) is 4.12. The van der Waals surface area contributed by atoms with E-state index in [1.807, 2.05) is 18.2 Å². The molecule has 6 heteroatoms. The van der Waals surface area contributed by atoms with Crippen LogP contribution in [0.2, 0.25) is 0 Å². The van der Waals surface area contributed by atoms with Crippen molar-refractivity contribution in [2.75, 3.05) is 0 Å². The molecule has 2 aromatic heterocycles. The number of rotatable bonds is 4. The normalized spacial score (nSPS) is 12.2. The molecule has 0 spiro atoms. The van der Waals surface area contributed by atoms with Crippen molar-refractivity contribution in [1.29, 1.82) is 5.26 Å². The van der Waals surface area contributed by atoms with Gasteiger partial charge in [-0.3, -0.25) is 0 Å². The van der Waals surface area contributed by atoms with Gasteiger partial charge in [-0.2, -0.15) is 5.26 Å². The zero-order chi connectivity index (χ0) is 17.4. The Morgan fingerprint density at radius 1 is 1.50 bits per heavy atom. The molecule has 0 aliphatic carbocycles. The van der Waals surface area contributed by atoms with E-state index in [1.54, 1.807) is 6.92 Å². The summed E-state index contributed by atoms with van der Waals surface area (Å²) in [5.41, 5.74) is 3.87. The Bertz CT molecular complexity index is 978. The molecular formula is C18H17N3O2S. The van der Waals surface area contributed by atoms with Gasteiger partial charge in [-0.25, -0.2) is 9.78 Å². The fourth-order valence-electron chi connectivity index (χ4n) is 2.76. The molecule has 2 N–H and O–H groups in total. The molecule has 0 radical (unpaired) electrons. The Morgan fingerprint density at radius 3 is 2.83 bits per heavy atom. The Balaban J connectivity index is 2.17. The number of carbonyl (C=O) groups is 1. The molecule has 3 aromatic rings. The number of carboxylic acid groups (broad SMARTS) is 1.